The lowest BCUT2D eigenvalue weighted by Gasteiger charge is -2.12. The third-order valence-corrected chi connectivity index (χ3v) is 5.82. The fraction of sp³-hybridized carbons (Fsp3) is 0.350. The number of nitrogens with one attached hydrogen (secondary N) is 1. The van der Waals surface area contributed by atoms with Gasteiger partial charge in [-0.3, -0.25) is 14.5 Å². The monoisotopic (exact) mass is 433 g/mol. The number of hydrogen-bond donors (Lipinski definition) is 1. The smallest absolute Gasteiger partial charge is 0.266 e. The molecule has 0 atom stereocenters. The van der Waals surface area contributed by atoms with Crippen molar-refractivity contribution in [2.45, 2.75) is 6.54 Å². The largest absolute Gasteiger partial charge is 0.383 e. The summed E-state index contributed by atoms with van der Waals surface area (Å²) < 4.78 is 12.4. The third kappa shape index (κ3) is 5.05. The van der Waals surface area contributed by atoms with E-state index >= 15 is 0 Å². The van der Waals surface area contributed by atoms with Crippen LogP contribution in [-0.4, -0.2) is 66.1 Å². The standard InChI is InChI=1S/C20H23N3O4S2/c1-26-9-7-21-18(24)13-22-12-14(15-5-3-4-6-16(15)22)11-17-19(25)23(8-10-27-2)20(28)29-17/h3-6,11-12H,7-10,13H2,1-2H3,(H,21,24)/b17-11-. The predicted molar refractivity (Wildman–Crippen MR) is 119 cm³/mol. The predicted octanol–water partition coefficient (Wildman–Crippen LogP) is 2.25. The van der Waals surface area contributed by atoms with E-state index in [-0.39, 0.29) is 18.4 Å². The second kappa shape index (κ2) is 10.0. The Morgan fingerprint density at radius 3 is 2.76 bits per heavy atom. The van der Waals surface area contributed by atoms with Crippen LogP contribution in [0.25, 0.3) is 17.0 Å². The van der Waals surface area contributed by atoms with Crippen LogP contribution in [0.15, 0.2) is 35.4 Å². The van der Waals surface area contributed by atoms with Gasteiger partial charge in [0.2, 0.25) is 5.91 Å². The first-order valence-electron chi connectivity index (χ1n) is 9.13. The van der Waals surface area contributed by atoms with Crippen molar-refractivity contribution in [3.05, 3.63) is 40.9 Å². The Balaban J connectivity index is 1.85. The van der Waals surface area contributed by atoms with Crippen LogP contribution in [0.5, 0.6) is 0 Å². The molecule has 0 unspecified atom stereocenters. The van der Waals surface area contributed by atoms with Gasteiger partial charge in [0, 0.05) is 43.4 Å². The summed E-state index contributed by atoms with van der Waals surface area (Å²) in [5.41, 5.74) is 1.80. The van der Waals surface area contributed by atoms with Crippen molar-refractivity contribution in [2.24, 2.45) is 0 Å². The summed E-state index contributed by atoms with van der Waals surface area (Å²) in [6, 6.07) is 7.80. The van der Waals surface area contributed by atoms with Gasteiger partial charge >= 0.3 is 0 Å². The summed E-state index contributed by atoms with van der Waals surface area (Å²) in [5, 5.41) is 3.79. The zero-order valence-electron chi connectivity index (χ0n) is 16.3. The van der Waals surface area contributed by atoms with Crippen LogP contribution in [-0.2, 0) is 25.6 Å². The molecule has 0 radical (unpaired) electrons. The molecule has 1 aliphatic heterocycles. The van der Waals surface area contributed by atoms with Gasteiger partial charge in [0.05, 0.1) is 24.7 Å². The molecule has 29 heavy (non-hydrogen) atoms. The van der Waals surface area contributed by atoms with E-state index in [4.69, 9.17) is 21.7 Å². The second-order valence-corrected chi connectivity index (χ2v) is 8.07. The van der Waals surface area contributed by atoms with Gasteiger partial charge in [0.15, 0.2) is 0 Å². The van der Waals surface area contributed by atoms with Gasteiger partial charge in [0.25, 0.3) is 5.91 Å². The van der Waals surface area contributed by atoms with Gasteiger partial charge in [-0.05, 0) is 12.1 Å². The summed E-state index contributed by atoms with van der Waals surface area (Å²) in [6.07, 6.45) is 3.73. The highest BCUT2D eigenvalue weighted by Crippen LogP contribution is 2.34. The molecule has 9 heteroatoms. The lowest BCUT2D eigenvalue weighted by atomic mass is 10.1. The molecule has 1 saturated heterocycles. The van der Waals surface area contributed by atoms with E-state index in [0.29, 0.717) is 35.5 Å². The van der Waals surface area contributed by atoms with Gasteiger partial charge in [0.1, 0.15) is 10.9 Å². The highest BCUT2D eigenvalue weighted by atomic mass is 32.2. The number of fused-ring (bicyclic) bond motifs is 1. The maximum absolute atomic E-state index is 12.7. The third-order valence-electron chi connectivity index (χ3n) is 4.44. The number of hydrogen-bond acceptors (Lipinski definition) is 6. The van der Waals surface area contributed by atoms with E-state index in [0.717, 1.165) is 16.5 Å². The Hall–Kier alpha value is -2.20. The van der Waals surface area contributed by atoms with Crippen LogP contribution in [0.3, 0.4) is 0 Å². The number of para-hydroxylation sites is 1. The molecule has 2 aromatic rings. The number of carbonyl (C=O) groups is 2. The SMILES string of the molecule is COCCNC(=O)Cn1cc(/C=C2\SC(=S)N(CCOC)C2=O)c2ccccc21. The molecule has 0 bridgehead atoms. The molecule has 154 valence electrons. The van der Waals surface area contributed by atoms with Crippen molar-refractivity contribution in [3.8, 4) is 0 Å². The molecule has 1 aliphatic rings. The minimum absolute atomic E-state index is 0.0970. The summed E-state index contributed by atoms with van der Waals surface area (Å²) in [6.45, 7) is 1.98. The quantitative estimate of drug-likeness (QED) is 0.372. The van der Waals surface area contributed by atoms with Crippen LogP contribution in [0.1, 0.15) is 5.56 Å². The number of thiocarbonyl (C=S) groups is 1. The number of amides is 2. The Morgan fingerprint density at radius 1 is 1.24 bits per heavy atom. The van der Waals surface area contributed by atoms with E-state index in [1.807, 2.05) is 41.1 Å². The van der Waals surface area contributed by atoms with Gasteiger partial charge in [-0.15, -0.1) is 0 Å². The van der Waals surface area contributed by atoms with Crippen molar-refractivity contribution in [1.82, 2.24) is 14.8 Å². The number of benzene rings is 1. The van der Waals surface area contributed by atoms with Gasteiger partial charge < -0.3 is 19.4 Å². The normalized spacial score (nSPS) is 15.7. The lowest BCUT2D eigenvalue weighted by Crippen LogP contribution is -2.31. The Bertz CT molecular complexity index is 954. The van der Waals surface area contributed by atoms with Gasteiger partial charge in [-0.1, -0.05) is 42.2 Å². The van der Waals surface area contributed by atoms with Crippen LogP contribution in [0, 0.1) is 0 Å². The second-order valence-electron chi connectivity index (χ2n) is 6.40. The minimum Gasteiger partial charge on any atom is -0.383 e. The van der Waals surface area contributed by atoms with Crippen molar-refractivity contribution >= 4 is 57.1 Å². The fourth-order valence-electron chi connectivity index (χ4n) is 3.04. The zero-order valence-corrected chi connectivity index (χ0v) is 18.0. The molecule has 1 aromatic heterocycles. The number of ether oxygens (including phenoxy) is 2. The number of rotatable bonds is 9. The summed E-state index contributed by atoms with van der Waals surface area (Å²) >= 11 is 6.62. The molecule has 0 spiro atoms. The van der Waals surface area contributed by atoms with Gasteiger partial charge in [-0.25, -0.2) is 0 Å². The maximum Gasteiger partial charge on any atom is 0.266 e. The highest BCUT2D eigenvalue weighted by molar-refractivity contribution is 8.26. The molecule has 1 fully saturated rings. The molecule has 0 aliphatic carbocycles. The minimum atomic E-state index is -0.119. The first kappa shape index (κ1) is 21.5. The highest BCUT2D eigenvalue weighted by Gasteiger charge is 2.31. The molecule has 0 saturated carbocycles. The number of thioether (sulfide) groups is 1. The van der Waals surface area contributed by atoms with Crippen LogP contribution in [0.2, 0.25) is 0 Å². The number of aromatic nitrogens is 1. The molecule has 1 N–H and O–H groups in total. The van der Waals surface area contributed by atoms with Crippen LogP contribution >= 0.6 is 24.0 Å². The van der Waals surface area contributed by atoms with Crippen LogP contribution < -0.4 is 5.32 Å². The molecule has 3 rings (SSSR count). The average Bonchev–Trinajstić information content (AvgIpc) is 3.18. The van der Waals surface area contributed by atoms with Crippen LogP contribution in [0.4, 0.5) is 0 Å². The first-order chi connectivity index (χ1) is 14.0. The summed E-state index contributed by atoms with van der Waals surface area (Å²) in [7, 11) is 3.18. The van der Waals surface area contributed by atoms with Crippen molar-refractivity contribution in [1.29, 1.82) is 0 Å². The Labute approximate surface area is 179 Å². The molecular formula is C20H23N3O4S2. The molecule has 2 amide bonds. The van der Waals surface area contributed by atoms with Crippen molar-refractivity contribution in [3.63, 3.8) is 0 Å². The van der Waals surface area contributed by atoms with Crippen molar-refractivity contribution in [2.75, 3.05) is 40.5 Å². The summed E-state index contributed by atoms with van der Waals surface area (Å²) in [4.78, 5) is 27.1. The molecular weight excluding hydrogens is 410 g/mol. The average molecular weight is 434 g/mol. The van der Waals surface area contributed by atoms with E-state index in [9.17, 15) is 9.59 Å². The van der Waals surface area contributed by atoms with E-state index in [1.165, 1.54) is 11.8 Å². The Morgan fingerprint density at radius 2 is 2.00 bits per heavy atom. The summed E-state index contributed by atoms with van der Waals surface area (Å²) in [5.74, 6) is -0.216. The topological polar surface area (TPSA) is 72.8 Å². The first-order valence-corrected chi connectivity index (χ1v) is 10.4. The van der Waals surface area contributed by atoms with E-state index < -0.39 is 0 Å². The number of carbonyl (C=O) groups excluding carboxylic acids is 2. The molecule has 7 nitrogen and oxygen atoms in total. The number of methoxy groups -OCH3 is 2. The lowest BCUT2D eigenvalue weighted by molar-refractivity contribution is -0.123. The van der Waals surface area contributed by atoms with E-state index in [1.54, 1.807) is 19.1 Å². The Kier molecular flexibility index (Phi) is 7.43. The van der Waals surface area contributed by atoms with Crippen molar-refractivity contribution < 1.29 is 19.1 Å². The van der Waals surface area contributed by atoms with E-state index in [2.05, 4.69) is 5.32 Å². The van der Waals surface area contributed by atoms with Gasteiger partial charge in [-0.2, -0.15) is 0 Å². The molecule has 1 aromatic carbocycles. The molecule has 2 heterocycles. The fourth-order valence-corrected chi connectivity index (χ4v) is 4.34. The maximum atomic E-state index is 12.7. The zero-order chi connectivity index (χ0) is 20.8. The number of nitrogens with zero attached hydrogens (tertiary/aromatic N) is 2.